The third kappa shape index (κ3) is 12.1. The molecule has 162 valence electrons. The first kappa shape index (κ1) is 24.6. The number of nitrogens with one attached hydrogen (secondary N) is 2. The Morgan fingerprint density at radius 1 is 1.13 bits per heavy atom. The monoisotopic (exact) mass is 435 g/mol. The molecule has 6 N–H and O–H groups in total. The zero-order valence-electron chi connectivity index (χ0n) is 16.5. The third-order valence-corrected chi connectivity index (χ3v) is 4.37. The first-order valence-corrected chi connectivity index (χ1v) is 9.90. The van der Waals surface area contributed by atoms with Crippen LogP contribution in [-0.2, 0) is 24.1 Å². The van der Waals surface area contributed by atoms with Crippen LogP contribution in [0.15, 0.2) is 34.6 Å². The fraction of sp³-hybridized carbons (Fsp3) is 0.316. The summed E-state index contributed by atoms with van der Waals surface area (Å²) in [6, 6.07) is 8.37. The predicted molar refractivity (Wildman–Crippen MR) is 115 cm³/mol. The van der Waals surface area contributed by atoms with E-state index in [-0.39, 0.29) is 5.91 Å². The maximum absolute atomic E-state index is 11.0. The third-order valence-electron chi connectivity index (χ3n) is 3.56. The van der Waals surface area contributed by atoms with Gasteiger partial charge < -0.3 is 21.3 Å². The van der Waals surface area contributed by atoms with Crippen LogP contribution in [0.1, 0.15) is 30.2 Å². The fourth-order valence-electron chi connectivity index (χ4n) is 2.34. The van der Waals surface area contributed by atoms with Crippen LogP contribution in [-0.4, -0.2) is 46.2 Å². The van der Waals surface area contributed by atoms with Crippen molar-refractivity contribution in [3.05, 3.63) is 46.5 Å². The molecule has 0 unspecified atom stereocenters. The smallest absolute Gasteiger partial charge is 0.409 e. The highest BCUT2D eigenvalue weighted by molar-refractivity contribution is 7.13. The molecule has 0 atom stereocenters. The topological polar surface area (TPSA) is 167 Å². The highest BCUT2D eigenvalue weighted by atomic mass is 32.1. The van der Waals surface area contributed by atoms with Crippen molar-refractivity contribution >= 4 is 40.9 Å². The van der Waals surface area contributed by atoms with E-state index < -0.39 is 12.2 Å². The second-order valence-electron chi connectivity index (χ2n) is 6.07. The summed E-state index contributed by atoms with van der Waals surface area (Å²) in [4.78, 5) is 38.4. The van der Waals surface area contributed by atoms with Crippen molar-refractivity contribution < 1.29 is 24.6 Å². The Balaban J connectivity index is 0.00000103. The molecule has 1 heterocycles. The Morgan fingerprint density at radius 2 is 1.73 bits per heavy atom. The number of carboxylic acid groups (broad SMARTS) is 2. The lowest BCUT2D eigenvalue weighted by atomic mass is 10.0. The van der Waals surface area contributed by atoms with Crippen LogP contribution in [0.5, 0.6) is 0 Å². The Kier molecular flexibility index (Phi) is 11.2. The summed E-state index contributed by atoms with van der Waals surface area (Å²) >= 11 is 1.45. The molecule has 2 aromatic rings. The first-order valence-electron chi connectivity index (χ1n) is 9.02. The average molecular weight is 436 g/mol. The number of aromatic nitrogens is 1. The van der Waals surface area contributed by atoms with Crippen molar-refractivity contribution in [1.82, 2.24) is 10.3 Å². The number of carbonyl (C=O) groups is 3. The molecule has 0 aliphatic rings. The van der Waals surface area contributed by atoms with Gasteiger partial charge in [0, 0.05) is 18.8 Å². The lowest BCUT2D eigenvalue weighted by Gasteiger charge is -2.03. The van der Waals surface area contributed by atoms with Gasteiger partial charge in [-0.3, -0.25) is 15.1 Å². The van der Waals surface area contributed by atoms with Gasteiger partial charge in [-0.15, -0.1) is 11.3 Å². The van der Waals surface area contributed by atoms with Crippen LogP contribution in [0.4, 0.5) is 14.7 Å². The highest BCUT2D eigenvalue weighted by Gasteiger charge is 2.03. The van der Waals surface area contributed by atoms with Gasteiger partial charge >= 0.3 is 12.2 Å². The molecule has 0 aliphatic heterocycles. The van der Waals surface area contributed by atoms with Crippen LogP contribution in [0, 0.1) is 0 Å². The molecule has 3 amide bonds. The second kappa shape index (κ2) is 13.7. The number of benzene rings is 1. The summed E-state index contributed by atoms with van der Waals surface area (Å²) in [5.74, 6) is -0.102. The van der Waals surface area contributed by atoms with Gasteiger partial charge in [0.2, 0.25) is 5.91 Å². The number of rotatable bonds is 9. The normalized spacial score (nSPS) is 10.2. The molecule has 0 saturated heterocycles. The number of nitrogens with zero attached hydrogens (tertiary/aromatic N) is 2. The van der Waals surface area contributed by atoms with Gasteiger partial charge in [-0.25, -0.2) is 14.6 Å². The number of carbonyl (C=O) groups excluding carboxylic acids is 1. The average Bonchev–Trinajstić information content (AvgIpc) is 3.08. The molecule has 1 aromatic carbocycles. The number of nitrogens with two attached hydrogens (primary N) is 1. The molecule has 0 aliphatic carbocycles. The van der Waals surface area contributed by atoms with Gasteiger partial charge in [0.25, 0.3) is 0 Å². The van der Waals surface area contributed by atoms with Gasteiger partial charge in [-0.2, -0.15) is 0 Å². The van der Waals surface area contributed by atoms with Crippen LogP contribution in [0.25, 0.3) is 0 Å². The number of aliphatic imine (C=N–C) groups is 1. The maximum atomic E-state index is 11.0. The van der Waals surface area contributed by atoms with E-state index in [4.69, 9.17) is 15.0 Å². The van der Waals surface area contributed by atoms with Crippen LogP contribution in [0.3, 0.4) is 0 Å². The predicted octanol–water partition coefficient (Wildman–Crippen LogP) is 2.74. The van der Waals surface area contributed by atoms with Gasteiger partial charge in [0.05, 0.1) is 12.0 Å². The van der Waals surface area contributed by atoms with E-state index >= 15 is 0 Å². The molecular weight excluding hydrogens is 410 g/mol. The van der Waals surface area contributed by atoms with Crippen LogP contribution >= 0.6 is 11.3 Å². The van der Waals surface area contributed by atoms with Gasteiger partial charge in [-0.05, 0) is 36.8 Å². The number of thiazole rings is 1. The number of aryl methyl sites for hydroxylation is 2. The zero-order valence-corrected chi connectivity index (χ0v) is 17.3. The standard InChI is InChI=1S/C18H22N4O3S.CH3NO2/c1-13(23)21-17-22-16(11-26-17)4-2-3-14-5-7-15(8-6-14)9-10-19-12-20-18(24)25;2-1(3)4/h5-8,11-12H,2-4,9-10H2,1H3,(H,19,20)(H,24,25)(H,21,22,23);2H2,(H,3,4). The molecule has 2 rings (SSSR count). The lowest BCUT2D eigenvalue weighted by molar-refractivity contribution is -0.114. The summed E-state index contributed by atoms with van der Waals surface area (Å²) in [6.07, 6.45) is 2.36. The van der Waals surface area contributed by atoms with E-state index in [1.165, 1.54) is 35.7 Å². The largest absolute Gasteiger partial charge is 0.465 e. The quantitative estimate of drug-likeness (QED) is 0.300. The molecule has 30 heavy (non-hydrogen) atoms. The Morgan fingerprint density at radius 3 is 2.30 bits per heavy atom. The van der Waals surface area contributed by atoms with Crippen molar-refractivity contribution in [3.8, 4) is 0 Å². The molecule has 0 spiro atoms. The number of amides is 3. The van der Waals surface area contributed by atoms with E-state index in [2.05, 4.69) is 50.6 Å². The van der Waals surface area contributed by atoms with E-state index in [0.29, 0.717) is 11.7 Å². The van der Waals surface area contributed by atoms with E-state index in [0.717, 1.165) is 31.4 Å². The van der Waals surface area contributed by atoms with Crippen LogP contribution in [0.2, 0.25) is 0 Å². The summed E-state index contributed by atoms with van der Waals surface area (Å²) in [5, 5.41) is 23.0. The molecule has 0 fully saturated rings. The molecule has 0 radical (unpaired) electrons. The van der Waals surface area contributed by atoms with Crippen molar-refractivity contribution in [3.63, 3.8) is 0 Å². The molecule has 11 heteroatoms. The van der Waals surface area contributed by atoms with Crippen molar-refractivity contribution in [2.45, 2.75) is 32.6 Å². The van der Waals surface area contributed by atoms with Gasteiger partial charge in [0.1, 0.15) is 0 Å². The van der Waals surface area contributed by atoms with Crippen molar-refractivity contribution in [1.29, 1.82) is 0 Å². The Bertz CT molecular complexity index is 847. The maximum Gasteiger partial charge on any atom is 0.409 e. The Labute approximate surface area is 177 Å². The van der Waals surface area contributed by atoms with Gasteiger partial charge in [-0.1, -0.05) is 24.3 Å². The summed E-state index contributed by atoms with van der Waals surface area (Å²) in [7, 11) is 0. The molecular formula is C19H25N5O5S. The van der Waals surface area contributed by atoms with E-state index in [1.807, 2.05) is 5.38 Å². The molecule has 0 bridgehead atoms. The van der Waals surface area contributed by atoms with Gasteiger partial charge in [0.15, 0.2) is 5.13 Å². The first-order chi connectivity index (χ1) is 14.3. The molecule has 0 saturated carbocycles. The highest BCUT2D eigenvalue weighted by Crippen LogP contribution is 2.17. The number of primary amides is 1. The Hall–Kier alpha value is -3.47. The van der Waals surface area contributed by atoms with E-state index in [9.17, 15) is 9.59 Å². The summed E-state index contributed by atoms with van der Waals surface area (Å²) in [6.45, 7) is 2.02. The number of anilines is 1. The number of hydrogen-bond donors (Lipinski definition) is 5. The molecule has 10 nitrogen and oxygen atoms in total. The minimum atomic E-state index is -1.33. The summed E-state index contributed by atoms with van der Waals surface area (Å²) < 4.78 is 0. The minimum absolute atomic E-state index is 0.102. The van der Waals surface area contributed by atoms with Crippen molar-refractivity contribution in [2.75, 3.05) is 11.9 Å². The molecule has 1 aromatic heterocycles. The van der Waals surface area contributed by atoms with Crippen molar-refractivity contribution in [2.24, 2.45) is 10.7 Å². The van der Waals surface area contributed by atoms with E-state index in [1.54, 1.807) is 0 Å². The number of hydrogen-bond acceptors (Lipinski definition) is 6. The lowest BCUT2D eigenvalue weighted by Crippen LogP contribution is -2.18. The zero-order chi connectivity index (χ0) is 22.4. The van der Waals surface area contributed by atoms with Crippen LogP contribution < -0.4 is 16.4 Å². The SMILES string of the molecule is CC(=O)Nc1nc(CCCc2ccc(CCN=CNC(=O)O)cc2)cs1.NC(=O)O. The second-order valence-corrected chi connectivity index (χ2v) is 6.93. The minimum Gasteiger partial charge on any atom is -0.465 e. The fourth-order valence-corrected chi connectivity index (χ4v) is 3.13. The summed E-state index contributed by atoms with van der Waals surface area (Å²) in [5.41, 5.74) is 7.46.